The summed E-state index contributed by atoms with van der Waals surface area (Å²) < 4.78 is 0. The lowest BCUT2D eigenvalue weighted by molar-refractivity contribution is 0.427. The second kappa shape index (κ2) is 7.09. The number of nitrogens with one attached hydrogen (secondary N) is 1. The first-order valence-corrected chi connectivity index (χ1v) is 9.36. The Labute approximate surface area is 120 Å². The molecule has 2 nitrogen and oxygen atoms in total. The summed E-state index contributed by atoms with van der Waals surface area (Å²) in [6, 6.07) is 0.651. The van der Waals surface area contributed by atoms with Crippen molar-refractivity contribution in [1.82, 2.24) is 5.32 Å². The van der Waals surface area contributed by atoms with Gasteiger partial charge < -0.3 is 5.32 Å². The third kappa shape index (κ3) is 4.09. The topological polar surface area (TPSA) is 24.4 Å². The van der Waals surface area contributed by atoms with E-state index < -0.39 is 0 Å². The molecule has 1 saturated carbocycles. The Kier molecular flexibility index (Phi) is 5.74. The van der Waals surface area contributed by atoms with Gasteiger partial charge in [0, 0.05) is 16.5 Å². The molecule has 3 unspecified atom stereocenters. The van der Waals surface area contributed by atoms with Gasteiger partial charge in [0.2, 0.25) is 0 Å². The largest absolute Gasteiger partial charge is 0.361 e. The maximum absolute atomic E-state index is 4.69. The Hall–Kier alpha value is 0.170. The minimum Gasteiger partial charge on any atom is -0.361 e. The van der Waals surface area contributed by atoms with Gasteiger partial charge in [0.25, 0.3) is 0 Å². The van der Waals surface area contributed by atoms with Crippen LogP contribution in [0.1, 0.15) is 46.0 Å². The lowest BCUT2D eigenvalue weighted by atomic mass is 9.95. The van der Waals surface area contributed by atoms with Crippen LogP contribution in [0.2, 0.25) is 0 Å². The molecule has 4 heteroatoms. The molecule has 0 bridgehead atoms. The fraction of sp³-hybridized carbons (Fsp3) is 0.929. The summed E-state index contributed by atoms with van der Waals surface area (Å²) in [4.78, 5) is 4.69. The zero-order valence-corrected chi connectivity index (χ0v) is 13.4. The molecular weight excluding hydrogens is 260 g/mol. The molecule has 1 aliphatic carbocycles. The van der Waals surface area contributed by atoms with E-state index in [9.17, 15) is 0 Å². The van der Waals surface area contributed by atoms with Crippen LogP contribution in [0.5, 0.6) is 0 Å². The van der Waals surface area contributed by atoms with Crippen LogP contribution < -0.4 is 5.32 Å². The van der Waals surface area contributed by atoms with Crippen LogP contribution in [0.4, 0.5) is 0 Å². The van der Waals surface area contributed by atoms with E-state index in [1.165, 1.54) is 37.3 Å². The van der Waals surface area contributed by atoms with E-state index in [2.05, 4.69) is 25.4 Å². The van der Waals surface area contributed by atoms with Crippen molar-refractivity contribution in [3.63, 3.8) is 0 Å². The number of thioether (sulfide) groups is 2. The number of hydrogen-bond donors (Lipinski definition) is 1. The number of amidine groups is 1. The summed E-state index contributed by atoms with van der Waals surface area (Å²) in [6.45, 7) is 5.62. The van der Waals surface area contributed by atoms with Gasteiger partial charge in [-0.3, -0.25) is 4.99 Å². The van der Waals surface area contributed by atoms with Crippen molar-refractivity contribution in [2.45, 2.75) is 62.5 Å². The number of nitrogens with zero attached hydrogens (tertiary/aromatic N) is 1. The Bertz CT molecular complexity index is 292. The van der Waals surface area contributed by atoms with Crippen molar-refractivity contribution in [1.29, 1.82) is 0 Å². The van der Waals surface area contributed by atoms with Crippen LogP contribution in [-0.4, -0.2) is 34.5 Å². The highest BCUT2D eigenvalue weighted by molar-refractivity contribution is 8.14. The van der Waals surface area contributed by atoms with Crippen molar-refractivity contribution < 1.29 is 0 Å². The summed E-state index contributed by atoms with van der Waals surface area (Å²) in [6.07, 6.45) is 9.00. The maximum Gasteiger partial charge on any atom is 0.157 e. The van der Waals surface area contributed by atoms with Gasteiger partial charge in [0.05, 0.1) is 6.54 Å². The molecule has 0 aromatic heterocycles. The molecule has 18 heavy (non-hydrogen) atoms. The summed E-state index contributed by atoms with van der Waals surface area (Å²) >= 11 is 4.00. The molecule has 0 aromatic carbocycles. The van der Waals surface area contributed by atoms with Gasteiger partial charge in [0.1, 0.15) is 0 Å². The molecule has 0 saturated heterocycles. The zero-order chi connectivity index (χ0) is 13.0. The van der Waals surface area contributed by atoms with Gasteiger partial charge >= 0.3 is 0 Å². The first-order chi connectivity index (χ1) is 8.69. The summed E-state index contributed by atoms with van der Waals surface area (Å²) in [7, 11) is 0. The first kappa shape index (κ1) is 14.6. The number of rotatable bonds is 4. The molecule has 104 valence electrons. The first-order valence-electron chi connectivity index (χ1n) is 7.19. The van der Waals surface area contributed by atoms with Gasteiger partial charge in [0.15, 0.2) is 5.17 Å². The van der Waals surface area contributed by atoms with E-state index >= 15 is 0 Å². The fourth-order valence-corrected chi connectivity index (χ4v) is 5.10. The highest BCUT2D eigenvalue weighted by Gasteiger charge is 2.28. The molecule has 1 heterocycles. The molecule has 1 fully saturated rings. The van der Waals surface area contributed by atoms with Crippen LogP contribution >= 0.6 is 23.5 Å². The molecule has 3 atom stereocenters. The van der Waals surface area contributed by atoms with Crippen LogP contribution in [0.25, 0.3) is 0 Å². The van der Waals surface area contributed by atoms with Gasteiger partial charge in [-0.15, -0.1) is 0 Å². The zero-order valence-electron chi connectivity index (χ0n) is 11.8. The summed E-state index contributed by atoms with van der Waals surface area (Å²) in [5.74, 6) is 0.783. The van der Waals surface area contributed by atoms with Crippen molar-refractivity contribution in [3.05, 3.63) is 0 Å². The third-order valence-electron chi connectivity index (χ3n) is 3.77. The molecular formula is C14H26N2S2. The molecule has 2 aliphatic rings. The predicted octanol–water partition coefficient (Wildman–Crippen LogP) is 3.77. The Morgan fingerprint density at radius 1 is 1.39 bits per heavy atom. The van der Waals surface area contributed by atoms with Crippen LogP contribution in [0.15, 0.2) is 4.99 Å². The summed E-state index contributed by atoms with van der Waals surface area (Å²) in [5, 5.41) is 6.42. The SMILES string of the molecule is CSC1CCCCC1NC1=NCC(CC(C)C)S1. The normalized spacial score (nSPS) is 32.7. The van der Waals surface area contributed by atoms with E-state index in [4.69, 9.17) is 4.99 Å². The molecule has 0 amide bonds. The second-order valence-electron chi connectivity index (χ2n) is 5.82. The molecule has 1 aliphatic heterocycles. The third-order valence-corrected chi connectivity index (χ3v) is 6.08. The van der Waals surface area contributed by atoms with Crippen molar-refractivity contribution in [3.8, 4) is 0 Å². The van der Waals surface area contributed by atoms with Crippen molar-refractivity contribution in [2.24, 2.45) is 10.9 Å². The maximum atomic E-state index is 4.69. The van der Waals surface area contributed by atoms with Gasteiger partial charge in [-0.05, 0) is 31.4 Å². The Morgan fingerprint density at radius 3 is 2.89 bits per heavy atom. The van der Waals surface area contributed by atoms with E-state index in [-0.39, 0.29) is 0 Å². The minimum absolute atomic E-state index is 0.651. The van der Waals surface area contributed by atoms with E-state index in [1.54, 1.807) is 0 Å². The molecule has 2 rings (SSSR count). The van der Waals surface area contributed by atoms with E-state index in [0.717, 1.165) is 17.7 Å². The molecule has 1 N–H and O–H groups in total. The minimum atomic E-state index is 0.651. The Balaban J connectivity index is 1.79. The van der Waals surface area contributed by atoms with Crippen LogP contribution in [0, 0.1) is 5.92 Å². The van der Waals surface area contributed by atoms with Gasteiger partial charge in [-0.2, -0.15) is 11.8 Å². The average molecular weight is 287 g/mol. The highest BCUT2D eigenvalue weighted by Crippen LogP contribution is 2.30. The smallest absolute Gasteiger partial charge is 0.157 e. The lowest BCUT2D eigenvalue weighted by Gasteiger charge is -2.31. The molecule has 0 radical (unpaired) electrons. The monoisotopic (exact) mass is 286 g/mol. The Morgan fingerprint density at radius 2 is 2.17 bits per heavy atom. The number of aliphatic imine (C=N–C) groups is 1. The lowest BCUT2D eigenvalue weighted by Crippen LogP contribution is -2.42. The predicted molar refractivity (Wildman–Crippen MR) is 85.8 cm³/mol. The van der Waals surface area contributed by atoms with E-state index in [1.807, 2.05) is 23.5 Å². The average Bonchev–Trinajstić information content (AvgIpc) is 2.76. The van der Waals surface area contributed by atoms with Crippen LogP contribution in [0.3, 0.4) is 0 Å². The quantitative estimate of drug-likeness (QED) is 0.851. The number of hydrogen-bond acceptors (Lipinski definition) is 4. The van der Waals surface area contributed by atoms with Gasteiger partial charge in [-0.1, -0.05) is 38.5 Å². The molecule has 0 aromatic rings. The highest BCUT2D eigenvalue weighted by atomic mass is 32.2. The van der Waals surface area contributed by atoms with E-state index in [0.29, 0.717) is 11.3 Å². The molecule has 0 spiro atoms. The van der Waals surface area contributed by atoms with Crippen molar-refractivity contribution >= 4 is 28.7 Å². The summed E-state index contributed by atoms with van der Waals surface area (Å²) in [5.41, 5.74) is 0. The second-order valence-corrected chi connectivity index (χ2v) is 8.19. The fourth-order valence-electron chi connectivity index (χ4n) is 2.85. The van der Waals surface area contributed by atoms with Gasteiger partial charge in [-0.25, -0.2) is 0 Å². The van der Waals surface area contributed by atoms with Crippen molar-refractivity contribution in [2.75, 3.05) is 12.8 Å². The van der Waals surface area contributed by atoms with Crippen LogP contribution in [-0.2, 0) is 0 Å². The standard InChI is InChI=1S/C14H26N2S2/c1-10(2)8-11-9-15-14(18-11)16-12-6-4-5-7-13(12)17-3/h10-13H,4-9H2,1-3H3,(H,15,16).